The van der Waals surface area contributed by atoms with Gasteiger partial charge in [-0.25, -0.2) is 13.8 Å². The fourth-order valence-electron chi connectivity index (χ4n) is 2.66. The Morgan fingerprint density at radius 2 is 1.67 bits per heavy atom. The van der Waals surface area contributed by atoms with E-state index >= 15 is 0 Å². The molecule has 0 aliphatic carbocycles. The van der Waals surface area contributed by atoms with Crippen molar-refractivity contribution in [1.29, 1.82) is 0 Å². The van der Waals surface area contributed by atoms with Gasteiger partial charge in [-0.15, -0.1) is 0 Å². The molecular weight excluding hydrogens is 400 g/mol. The third-order valence-electron chi connectivity index (χ3n) is 4.31. The summed E-state index contributed by atoms with van der Waals surface area (Å²) >= 11 is 0. The van der Waals surface area contributed by atoms with Gasteiger partial charge in [0.15, 0.2) is 0 Å². The molecule has 0 spiro atoms. The quantitative estimate of drug-likeness (QED) is 0.468. The maximum absolute atomic E-state index is 13.3. The van der Waals surface area contributed by atoms with E-state index in [4.69, 9.17) is 0 Å². The number of rotatable bonds is 7. The number of anilines is 1. The van der Waals surface area contributed by atoms with Crippen LogP contribution in [0, 0.1) is 13.8 Å². The van der Waals surface area contributed by atoms with Crippen LogP contribution in [0.4, 0.5) is 5.69 Å². The van der Waals surface area contributed by atoms with E-state index in [-0.39, 0.29) is 4.90 Å². The molecule has 0 aliphatic rings. The molecule has 1 heterocycles. The Labute approximate surface area is 176 Å². The molecule has 8 heteroatoms. The number of pyridine rings is 1. The molecule has 0 atom stereocenters. The minimum absolute atomic E-state index is 0.111. The van der Waals surface area contributed by atoms with Gasteiger partial charge < -0.3 is 0 Å². The lowest BCUT2D eigenvalue weighted by Crippen LogP contribution is -2.39. The average molecular weight is 423 g/mol. The predicted molar refractivity (Wildman–Crippen MR) is 117 cm³/mol. The zero-order valence-corrected chi connectivity index (χ0v) is 17.5. The van der Waals surface area contributed by atoms with Crippen LogP contribution >= 0.6 is 0 Å². The zero-order valence-electron chi connectivity index (χ0n) is 16.7. The van der Waals surface area contributed by atoms with Crippen molar-refractivity contribution in [2.75, 3.05) is 10.8 Å². The van der Waals surface area contributed by atoms with E-state index in [1.807, 2.05) is 13.8 Å². The summed E-state index contributed by atoms with van der Waals surface area (Å²) in [7, 11) is -3.95. The number of sulfonamides is 1. The molecule has 0 aliphatic heterocycles. The van der Waals surface area contributed by atoms with E-state index in [1.165, 1.54) is 18.3 Å². The van der Waals surface area contributed by atoms with Gasteiger partial charge in [-0.2, -0.15) is 5.10 Å². The van der Waals surface area contributed by atoms with Crippen molar-refractivity contribution in [3.63, 3.8) is 0 Å². The van der Waals surface area contributed by atoms with Crippen LogP contribution in [0.5, 0.6) is 0 Å². The van der Waals surface area contributed by atoms with Gasteiger partial charge in [-0.3, -0.25) is 14.1 Å². The molecule has 30 heavy (non-hydrogen) atoms. The van der Waals surface area contributed by atoms with Gasteiger partial charge in [0.1, 0.15) is 6.54 Å². The second-order valence-electron chi connectivity index (χ2n) is 6.74. The molecule has 2 aromatic carbocycles. The topological polar surface area (TPSA) is 91.7 Å². The lowest BCUT2D eigenvalue weighted by molar-refractivity contribution is -0.119. The van der Waals surface area contributed by atoms with Crippen molar-refractivity contribution in [3.05, 3.63) is 89.7 Å². The minimum atomic E-state index is -3.95. The van der Waals surface area contributed by atoms with Crippen LogP contribution in [0.15, 0.2) is 83.1 Å². The summed E-state index contributed by atoms with van der Waals surface area (Å²) in [5.41, 5.74) is 5.40. The van der Waals surface area contributed by atoms with E-state index in [9.17, 15) is 13.2 Å². The first-order chi connectivity index (χ1) is 14.4. The second-order valence-corrected chi connectivity index (χ2v) is 8.60. The summed E-state index contributed by atoms with van der Waals surface area (Å²) < 4.78 is 27.6. The van der Waals surface area contributed by atoms with E-state index in [0.717, 1.165) is 15.4 Å². The number of hydrazone groups is 1. The summed E-state index contributed by atoms with van der Waals surface area (Å²) in [5.74, 6) is -0.564. The van der Waals surface area contributed by atoms with Crippen LogP contribution in [0.3, 0.4) is 0 Å². The van der Waals surface area contributed by atoms with Crippen molar-refractivity contribution in [1.82, 2.24) is 10.4 Å². The predicted octanol–water partition coefficient (Wildman–Crippen LogP) is 3.04. The van der Waals surface area contributed by atoms with Gasteiger partial charge in [-0.05, 0) is 44.2 Å². The third-order valence-corrected chi connectivity index (χ3v) is 6.09. The number of aryl methyl sites for hydroxylation is 2. The SMILES string of the molecule is Cc1ccc(N(CC(=O)N/N=C\c2cccnc2)S(=O)(=O)c2ccc(C)cc2)cc1. The van der Waals surface area contributed by atoms with E-state index in [2.05, 4.69) is 15.5 Å². The third kappa shape index (κ3) is 5.30. The van der Waals surface area contributed by atoms with Crippen LogP contribution < -0.4 is 9.73 Å². The van der Waals surface area contributed by atoms with Crippen LogP contribution in [-0.4, -0.2) is 32.1 Å². The molecule has 154 valence electrons. The number of carbonyl (C=O) groups excluding carboxylic acids is 1. The highest BCUT2D eigenvalue weighted by atomic mass is 32.2. The summed E-state index contributed by atoms with van der Waals surface area (Å²) in [6.07, 6.45) is 4.66. The Morgan fingerprint density at radius 3 is 2.27 bits per heavy atom. The number of amides is 1. The summed E-state index contributed by atoms with van der Waals surface area (Å²) in [5, 5.41) is 3.88. The minimum Gasteiger partial charge on any atom is -0.271 e. The molecule has 0 saturated carbocycles. The van der Waals surface area contributed by atoms with E-state index in [0.29, 0.717) is 11.3 Å². The van der Waals surface area contributed by atoms with Gasteiger partial charge in [0.25, 0.3) is 15.9 Å². The first kappa shape index (κ1) is 21.2. The highest BCUT2D eigenvalue weighted by Gasteiger charge is 2.27. The van der Waals surface area contributed by atoms with Crippen LogP contribution in [0.1, 0.15) is 16.7 Å². The molecule has 0 bridgehead atoms. The first-order valence-electron chi connectivity index (χ1n) is 9.24. The summed E-state index contributed by atoms with van der Waals surface area (Å²) in [4.78, 5) is 16.5. The number of nitrogens with one attached hydrogen (secondary N) is 1. The molecule has 0 unspecified atom stereocenters. The number of carbonyl (C=O) groups is 1. The Hall–Kier alpha value is -3.52. The number of aromatic nitrogens is 1. The Bertz CT molecular complexity index is 1130. The highest BCUT2D eigenvalue weighted by Crippen LogP contribution is 2.24. The van der Waals surface area contributed by atoms with Crippen LogP contribution in [0.2, 0.25) is 0 Å². The number of benzene rings is 2. The number of hydrogen-bond acceptors (Lipinski definition) is 5. The summed E-state index contributed by atoms with van der Waals surface area (Å²) in [6.45, 7) is 3.37. The number of nitrogens with zero attached hydrogens (tertiary/aromatic N) is 3. The Morgan fingerprint density at radius 1 is 1.03 bits per heavy atom. The Balaban J connectivity index is 1.84. The molecule has 0 radical (unpaired) electrons. The molecule has 3 aromatic rings. The van der Waals surface area contributed by atoms with Crippen molar-refractivity contribution < 1.29 is 13.2 Å². The largest absolute Gasteiger partial charge is 0.271 e. The fraction of sp³-hybridized carbons (Fsp3) is 0.136. The maximum atomic E-state index is 13.3. The first-order valence-corrected chi connectivity index (χ1v) is 10.7. The van der Waals surface area contributed by atoms with Crippen LogP contribution in [0.25, 0.3) is 0 Å². The van der Waals surface area contributed by atoms with Crippen molar-refractivity contribution in [2.24, 2.45) is 5.10 Å². The number of hydrogen-bond donors (Lipinski definition) is 1. The van der Waals surface area contributed by atoms with E-state index in [1.54, 1.807) is 60.9 Å². The van der Waals surface area contributed by atoms with Crippen molar-refractivity contribution in [2.45, 2.75) is 18.7 Å². The van der Waals surface area contributed by atoms with Crippen LogP contribution in [-0.2, 0) is 14.8 Å². The fourth-order valence-corrected chi connectivity index (χ4v) is 4.08. The molecule has 0 saturated heterocycles. The average Bonchev–Trinajstić information content (AvgIpc) is 2.74. The zero-order chi connectivity index (χ0) is 21.6. The second kappa shape index (κ2) is 9.32. The molecule has 1 amide bonds. The molecular formula is C22H22N4O3S. The van der Waals surface area contributed by atoms with E-state index < -0.39 is 22.5 Å². The maximum Gasteiger partial charge on any atom is 0.264 e. The summed E-state index contributed by atoms with van der Waals surface area (Å²) in [6, 6.07) is 17.0. The standard InChI is InChI=1S/C22H22N4O3S/c1-17-5-9-20(10-6-17)26(30(28,29)21-11-7-18(2)8-12-21)16-22(27)25-24-15-19-4-3-13-23-14-19/h3-15H,16H2,1-2H3,(H,25,27)/b24-15-. The molecule has 1 N–H and O–H groups in total. The smallest absolute Gasteiger partial charge is 0.264 e. The Kier molecular flexibility index (Phi) is 6.58. The van der Waals surface area contributed by atoms with Gasteiger partial charge in [0.2, 0.25) is 0 Å². The lowest BCUT2D eigenvalue weighted by atomic mass is 10.2. The monoisotopic (exact) mass is 422 g/mol. The molecule has 3 rings (SSSR count). The highest BCUT2D eigenvalue weighted by molar-refractivity contribution is 7.92. The van der Waals surface area contributed by atoms with Gasteiger partial charge in [0, 0.05) is 18.0 Å². The lowest BCUT2D eigenvalue weighted by Gasteiger charge is -2.24. The molecule has 0 fully saturated rings. The molecule has 7 nitrogen and oxygen atoms in total. The van der Waals surface area contributed by atoms with Gasteiger partial charge in [-0.1, -0.05) is 41.5 Å². The van der Waals surface area contributed by atoms with Crippen molar-refractivity contribution >= 4 is 27.8 Å². The van der Waals surface area contributed by atoms with Gasteiger partial charge in [0.05, 0.1) is 16.8 Å². The normalized spacial score (nSPS) is 11.4. The van der Waals surface area contributed by atoms with Crippen molar-refractivity contribution in [3.8, 4) is 0 Å². The van der Waals surface area contributed by atoms with Gasteiger partial charge >= 0.3 is 0 Å². The molecule has 1 aromatic heterocycles.